The molecule has 0 aromatic heterocycles. The maximum absolute atomic E-state index is 8.93. The number of nitriles is 1. The van der Waals surface area contributed by atoms with Gasteiger partial charge in [0, 0.05) is 4.47 Å². The molecule has 0 radical (unpaired) electrons. The van der Waals surface area contributed by atoms with Gasteiger partial charge in [0.25, 0.3) is 0 Å². The second-order valence-electron chi connectivity index (χ2n) is 5.44. The lowest BCUT2D eigenvalue weighted by atomic mass is 9.89. The van der Waals surface area contributed by atoms with E-state index in [-0.39, 0.29) is 5.41 Å². The van der Waals surface area contributed by atoms with Crippen LogP contribution in [-0.2, 0) is 0 Å². The largest absolute Gasteiger partial charge is 0.491 e. The molecule has 0 unspecified atom stereocenters. The molecule has 0 spiro atoms. The minimum atomic E-state index is -0.243. The summed E-state index contributed by atoms with van der Waals surface area (Å²) in [6, 6.07) is 6.15. The zero-order valence-electron chi connectivity index (χ0n) is 11.8. The third-order valence-corrected chi connectivity index (χ3v) is 3.47. The second kappa shape index (κ2) is 6.81. The fourth-order valence-corrected chi connectivity index (χ4v) is 2.44. The van der Waals surface area contributed by atoms with Crippen LogP contribution in [0.15, 0.2) is 16.6 Å². The second-order valence-corrected chi connectivity index (χ2v) is 6.36. The maximum atomic E-state index is 8.93. The first kappa shape index (κ1) is 15.8. The summed E-state index contributed by atoms with van der Waals surface area (Å²) in [5.41, 5.74) is 7.37. The SMILES string of the molecule is Cc1cc(Br)cc(N)c1OCCCCC(C)(C)C#N. The highest BCUT2D eigenvalue weighted by Crippen LogP contribution is 2.30. The van der Waals surface area contributed by atoms with Gasteiger partial charge in [-0.3, -0.25) is 0 Å². The first-order chi connectivity index (χ1) is 8.85. The van der Waals surface area contributed by atoms with Crippen LogP contribution in [0.5, 0.6) is 5.75 Å². The number of rotatable bonds is 6. The molecule has 0 aliphatic rings. The number of aryl methyl sites for hydroxylation is 1. The zero-order valence-corrected chi connectivity index (χ0v) is 13.4. The summed E-state index contributed by atoms with van der Waals surface area (Å²) < 4.78 is 6.71. The summed E-state index contributed by atoms with van der Waals surface area (Å²) in [5.74, 6) is 0.766. The van der Waals surface area contributed by atoms with Gasteiger partial charge in [0.15, 0.2) is 0 Å². The van der Waals surface area contributed by atoms with E-state index in [1.54, 1.807) is 0 Å². The van der Waals surface area contributed by atoms with Crippen LogP contribution in [0.4, 0.5) is 5.69 Å². The molecule has 0 aliphatic heterocycles. The van der Waals surface area contributed by atoms with Crippen LogP contribution >= 0.6 is 15.9 Å². The number of hydrogen-bond donors (Lipinski definition) is 1. The van der Waals surface area contributed by atoms with Crippen molar-refractivity contribution in [2.45, 2.75) is 40.0 Å². The molecule has 1 aromatic carbocycles. The number of benzene rings is 1. The van der Waals surface area contributed by atoms with Gasteiger partial charge in [-0.1, -0.05) is 15.9 Å². The van der Waals surface area contributed by atoms with E-state index in [4.69, 9.17) is 15.7 Å². The van der Waals surface area contributed by atoms with Gasteiger partial charge >= 0.3 is 0 Å². The fraction of sp³-hybridized carbons (Fsp3) is 0.533. The number of anilines is 1. The Labute approximate surface area is 123 Å². The number of nitrogens with zero attached hydrogens (tertiary/aromatic N) is 1. The molecule has 0 saturated carbocycles. The van der Waals surface area contributed by atoms with Crippen LogP contribution in [0.2, 0.25) is 0 Å². The van der Waals surface area contributed by atoms with Gasteiger partial charge in [-0.15, -0.1) is 0 Å². The predicted molar refractivity (Wildman–Crippen MR) is 82.0 cm³/mol. The van der Waals surface area contributed by atoms with Crippen LogP contribution in [0.1, 0.15) is 38.7 Å². The molecule has 0 heterocycles. The number of nitrogens with two attached hydrogens (primary N) is 1. The van der Waals surface area contributed by atoms with Crippen LogP contribution in [0.3, 0.4) is 0 Å². The van der Waals surface area contributed by atoms with Crippen molar-refractivity contribution >= 4 is 21.6 Å². The summed E-state index contributed by atoms with van der Waals surface area (Å²) in [5, 5.41) is 8.93. The minimum Gasteiger partial charge on any atom is -0.491 e. The van der Waals surface area contributed by atoms with Crippen molar-refractivity contribution in [2.24, 2.45) is 5.41 Å². The average molecular weight is 325 g/mol. The Kier molecular flexibility index (Phi) is 5.68. The van der Waals surface area contributed by atoms with E-state index in [1.807, 2.05) is 32.9 Å². The van der Waals surface area contributed by atoms with Gasteiger partial charge in [0.1, 0.15) is 5.75 Å². The van der Waals surface area contributed by atoms with Crippen molar-refractivity contribution in [3.8, 4) is 11.8 Å². The highest BCUT2D eigenvalue weighted by molar-refractivity contribution is 9.10. The van der Waals surface area contributed by atoms with Gasteiger partial charge in [-0.05, 0) is 57.7 Å². The molecule has 0 bridgehead atoms. The summed E-state index contributed by atoms with van der Waals surface area (Å²) in [7, 11) is 0. The molecule has 0 atom stereocenters. The van der Waals surface area contributed by atoms with Crippen molar-refractivity contribution in [1.82, 2.24) is 0 Å². The lowest BCUT2D eigenvalue weighted by molar-refractivity contribution is 0.294. The summed E-state index contributed by atoms with van der Waals surface area (Å²) in [4.78, 5) is 0. The molecular formula is C15H21BrN2O. The maximum Gasteiger partial charge on any atom is 0.145 e. The Morgan fingerprint density at radius 2 is 2.05 bits per heavy atom. The molecule has 19 heavy (non-hydrogen) atoms. The van der Waals surface area contributed by atoms with E-state index < -0.39 is 0 Å². The Morgan fingerprint density at radius 3 is 2.63 bits per heavy atom. The number of unbranched alkanes of at least 4 members (excludes halogenated alkanes) is 1. The van der Waals surface area contributed by atoms with Gasteiger partial charge in [-0.2, -0.15) is 5.26 Å². The minimum absolute atomic E-state index is 0.243. The smallest absolute Gasteiger partial charge is 0.145 e. The van der Waals surface area contributed by atoms with E-state index in [1.165, 1.54) is 0 Å². The molecule has 1 aromatic rings. The monoisotopic (exact) mass is 324 g/mol. The molecule has 4 heteroatoms. The van der Waals surface area contributed by atoms with E-state index >= 15 is 0 Å². The Balaban J connectivity index is 2.41. The van der Waals surface area contributed by atoms with Crippen molar-refractivity contribution < 1.29 is 4.74 Å². The number of ether oxygens (including phenoxy) is 1. The van der Waals surface area contributed by atoms with Gasteiger partial charge in [-0.25, -0.2) is 0 Å². The van der Waals surface area contributed by atoms with Crippen molar-refractivity contribution in [2.75, 3.05) is 12.3 Å². The first-order valence-electron chi connectivity index (χ1n) is 6.45. The quantitative estimate of drug-likeness (QED) is 0.621. The summed E-state index contributed by atoms with van der Waals surface area (Å²) in [6.45, 7) is 6.54. The third kappa shape index (κ3) is 5.12. The topological polar surface area (TPSA) is 59.0 Å². The highest BCUT2D eigenvalue weighted by Gasteiger charge is 2.15. The fourth-order valence-electron chi connectivity index (χ4n) is 1.85. The molecule has 0 fully saturated rings. The molecule has 2 N–H and O–H groups in total. The van der Waals surface area contributed by atoms with Crippen molar-refractivity contribution in [1.29, 1.82) is 5.26 Å². The highest BCUT2D eigenvalue weighted by atomic mass is 79.9. The van der Waals surface area contributed by atoms with E-state index in [0.29, 0.717) is 12.3 Å². The first-order valence-corrected chi connectivity index (χ1v) is 7.25. The normalized spacial score (nSPS) is 11.1. The van der Waals surface area contributed by atoms with Crippen LogP contribution in [0, 0.1) is 23.7 Å². The van der Waals surface area contributed by atoms with E-state index in [0.717, 1.165) is 35.0 Å². The lowest BCUT2D eigenvalue weighted by Gasteiger charge is -2.15. The molecular weight excluding hydrogens is 304 g/mol. The van der Waals surface area contributed by atoms with Gasteiger partial charge in [0.2, 0.25) is 0 Å². The average Bonchev–Trinajstić information content (AvgIpc) is 2.31. The van der Waals surface area contributed by atoms with Gasteiger partial charge < -0.3 is 10.5 Å². The van der Waals surface area contributed by atoms with Crippen LogP contribution < -0.4 is 10.5 Å². The van der Waals surface area contributed by atoms with Crippen molar-refractivity contribution in [3.05, 3.63) is 22.2 Å². The molecule has 0 saturated heterocycles. The molecule has 1 rings (SSSR count). The summed E-state index contributed by atoms with van der Waals surface area (Å²) in [6.07, 6.45) is 2.80. The number of hydrogen-bond acceptors (Lipinski definition) is 3. The Morgan fingerprint density at radius 1 is 1.37 bits per heavy atom. The van der Waals surface area contributed by atoms with Gasteiger partial charge in [0.05, 0.1) is 23.8 Å². The summed E-state index contributed by atoms with van der Waals surface area (Å²) >= 11 is 3.40. The van der Waals surface area contributed by atoms with Crippen LogP contribution in [-0.4, -0.2) is 6.61 Å². The number of halogens is 1. The lowest BCUT2D eigenvalue weighted by Crippen LogP contribution is -2.09. The standard InChI is InChI=1S/C15H21BrN2O/c1-11-8-12(16)9-13(18)14(11)19-7-5-4-6-15(2,3)10-17/h8-9H,4-7,18H2,1-3H3. The molecule has 3 nitrogen and oxygen atoms in total. The van der Waals surface area contributed by atoms with Crippen LogP contribution in [0.25, 0.3) is 0 Å². The molecule has 104 valence electrons. The molecule has 0 aliphatic carbocycles. The molecule has 0 amide bonds. The predicted octanol–water partition coefficient (Wildman–Crippen LogP) is 4.44. The van der Waals surface area contributed by atoms with E-state index in [2.05, 4.69) is 22.0 Å². The third-order valence-electron chi connectivity index (χ3n) is 3.01. The Hall–Kier alpha value is -1.21. The zero-order chi connectivity index (χ0) is 14.5. The Bertz CT molecular complexity index is 455. The van der Waals surface area contributed by atoms with E-state index in [9.17, 15) is 0 Å². The number of nitrogen functional groups attached to an aromatic ring is 1. The van der Waals surface area contributed by atoms with Crippen molar-refractivity contribution in [3.63, 3.8) is 0 Å².